The third-order valence-corrected chi connectivity index (χ3v) is 6.40. The zero-order valence-electron chi connectivity index (χ0n) is 17.1. The maximum Gasteiger partial charge on any atom is 0.138 e. The number of nitrogens with zero attached hydrogens (tertiary/aromatic N) is 1. The molecule has 0 aliphatic carbocycles. The van der Waals surface area contributed by atoms with E-state index in [9.17, 15) is 4.21 Å². The summed E-state index contributed by atoms with van der Waals surface area (Å²) in [6, 6.07) is 24.1. The Balaban J connectivity index is 1.45. The maximum absolute atomic E-state index is 12.8. The average Bonchev–Trinajstić information content (AvgIpc) is 2.80. The Morgan fingerprint density at radius 1 is 0.968 bits per heavy atom. The van der Waals surface area contributed by atoms with Crippen molar-refractivity contribution >= 4 is 20.8 Å². The molecule has 0 radical (unpaired) electrons. The number of nitrogens with one attached hydrogen (secondary N) is 2. The van der Waals surface area contributed by atoms with E-state index in [-0.39, 0.29) is 0 Å². The van der Waals surface area contributed by atoms with Gasteiger partial charge in [0.15, 0.2) is 0 Å². The van der Waals surface area contributed by atoms with Crippen molar-refractivity contribution in [2.24, 2.45) is 0 Å². The van der Waals surface area contributed by atoms with Crippen molar-refractivity contribution in [1.29, 1.82) is 4.78 Å². The molecule has 4 aromatic rings. The fourth-order valence-electron chi connectivity index (χ4n) is 3.21. The Kier molecular flexibility index (Phi) is 6.16. The number of fused-ring (bicyclic) bond motifs is 1. The third kappa shape index (κ3) is 5.02. The monoisotopic (exact) mass is 433 g/mol. The fourth-order valence-corrected chi connectivity index (χ4v) is 4.29. The van der Waals surface area contributed by atoms with E-state index in [2.05, 4.69) is 9.71 Å². The molecule has 0 saturated heterocycles. The molecule has 1 heterocycles. The van der Waals surface area contributed by atoms with Crippen LogP contribution in [0.3, 0.4) is 0 Å². The van der Waals surface area contributed by atoms with Crippen LogP contribution in [0.2, 0.25) is 0 Å². The van der Waals surface area contributed by atoms with Crippen molar-refractivity contribution in [3.63, 3.8) is 0 Å². The number of aromatic nitrogens is 1. The second-order valence-corrected chi connectivity index (χ2v) is 8.82. The van der Waals surface area contributed by atoms with Gasteiger partial charge in [-0.1, -0.05) is 30.3 Å². The highest BCUT2D eigenvalue weighted by atomic mass is 32.2. The molecule has 7 heteroatoms. The predicted molar refractivity (Wildman–Crippen MR) is 122 cm³/mol. The molecule has 3 aromatic carbocycles. The van der Waals surface area contributed by atoms with Gasteiger partial charge in [0.1, 0.15) is 27.2 Å². The van der Waals surface area contributed by atoms with Crippen molar-refractivity contribution < 1.29 is 13.7 Å². The molecular formula is C24H23N3O3S. The van der Waals surface area contributed by atoms with Gasteiger partial charge in [0.2, 0.25) is 0 Å². The van der Waals surface area contributed by atoms with E-state index in [0.717, 1.165) is 22.2 Å². The maximum atomic E-state index is 12.8. The molecule has 1 atom stereocenters. The van der Waals surface area contributed by atoms with Gasteiger partial charge in [0, 0.05) is 24.2 Å². The van der Waals surface area contributed by atoms with E-state index in [4.69, 9.17) is 14.3 Å². The van der Waals surface area contributed by atoms with Crippen LogP contribution in [0.25, 0.3) is 10.9 Å². The Labute approximate surface area is 182 Å². The molecule has 158 valence electrons. The normalized spacial score (nSPS) is 12.9. The number of hydrogen-bond donors (Lipinski definition) is 2. The predicted octanol–water partition coefficient (Wildman–Crippen LogP) is 5.19. The highest BCUT2D eigenvalue weighted by Crippen LogP contribution is 2.31. The second kappa shape index (κ2) is 9.16. The Morgan fingerprint density at radius 3 is 2.45 bits per heavy atom. The Hall–Kier alpha value is -3.42. The average molecular weight is 434 g/mol. The van der Waals surface area contributed by atoms with Gasteiger partial charge in [-0.05, 0) is 54.4 Å². The van der Waals surface area contributed by atoms with Crippen molar-refractivity contribution in [3.8, 4) is 17.2 Å². The lowest BCUT2D eigenvalue weighted by Crippen LogP contribution is -2.24. The number of ether oxygens (including phenoxy) is 2. The first-order valence-corrected chi connectivity index (χ1v) is 11.4. The summed E-state index contributed by atoms with van der Waals surface area (Å²) < 4.78 is 35.1. The SMILES string of the molecule is COc1ccc2c(Oc3ccc(S(=N)(=O)NCCc4ccccc4)cc3)ccnc2c1. The molecule has 31 heavy (non-hydrogen) atoms. The lowest BCUT2D eigenvalue weighted by Gasteiger charge is -2.12. The van der Waals surface area contributed by atoms with E-state index in [1.807, 2.05) is 48.5 Å². The van der Waals surface area contributed by atoms with Crippen LogP contribution in [-0.4, -0.2) is 22.8 Å². The highest BCUT2D eigenvalue weighted by Gasteiger charge is 2.11. The highest BCUT2D eigenvalue weighted by molar-refractivity contribution is 7.90. The summed E-state index contributed by atoms with van der Waals surface area (Å²) in [6.45, 7) is 0.455. The fraction of sp³-hybridized carbons (Fsp3) is 0.125. The van der Waals surface area contributed by atoms with E-state index in [1.54, 1.807) is 43.6 Å². The minimum absolute atomic E-state index is 0.414. The van der Waals surface area contributed by atoms with E-state index >= 15 is 0 Å². The van der Waals surface area contributed by atoms with Gasteiger partial charge in [0.05, 0.1) is 17.5 Å². The lowest BCUT2D eigenvalue weighted by atomic mass is 10.2. The summed E-state index contributed by atoms with van der Waals surface area (Å²) in [5, 5.41) is 0.860. The topological polar surface area (TPSA) is 84.3 Å². The van der Waals surface area contributed by atoms with Crippen molar-refractivity contribution in [3.05, 3.63) is 90.6 Å². The minimum atomic E-state index is -3.09. The van der Waals surface area contributed by atoms with Gasteiger partial charge in [-0.15, -0.1) is 0 Å². The van der Waals surface area contributed by atoms with Crippen LogP contribution in [0.15, 0.2) is 90.0 Å². The quantitative estimate of drug-likeness (QED) is 0.401. The Bertz CT molecular complexity index is 1270. The van der Waals surface area contributed by atoms with Crippen LogP contribution >= 0.6 is 0 Å². The van der Waals surface area contributed by atoms with Crippen molar-refractivity contribution in [2.75, 3.05) is 13.7 Å². The van der Waals surface area contributed by atoms with Gasteiger partial charge in [-0.25, -0.2) is 13.7 Å². The molecule has 0 spiro atoms. The number of rotatable bonds is 8. The summed E-state index contributed by atoms with van der Waals surface area (Å²) in [5.74, 6) is 1.98. The summed E-state index contributed by atoms with van der Waals surface area (Å²) in [7, 11) is -1.48. The zero-order valence-corrected chi connectivity index (χ0v) is 17.9. The van der Waals surface area contributed by atoms with Gasteiger partial charge < -0.3 is 9.47 Å². The van der Waals surface area contributed by atoms with Gasteiger partial charge in [-0.2, -0.15) is 0 Å². The lowest BCUT2D eigenvalue weighted by molar-refractivity contribution is 0.415. The van der Waals surface area contributed by atoms with Crippen LogP contribution < -0.4 is 14.2 Å². The molecule has 1 unspecified atom stereocenters. The molecule has 0 aliphatic rings. The van der Waals surface area contributed by atoms with Crippen LogP contribution in [0.5, 0.6) is 17.2 Å². The van der Waals surface area contributed by atoms with Crippen LogP contribution in [-0.2, 0) is 16.3 Å². The number of pyridine rings is 1. The first kappa shape index (κ1) is 20.8. The molecule has 4 rings (SSSR count). The Morgan fingerprint density at radius 2 is 1.71 bits per heavy atom. The van der Waals surface area contributed by atoms with Crippen LogP contribution in [0.1, 0.15) is 5.56 Å². The summed E-state index contributed by atoms with van der Waals surface area (Å²) in [5.41, 5.74) is 1.90. The van der Waals surface area contributed by atoms with E-state index < -0.39 is 9.92 Å². The molecule has 0 bridgehead atoms. The standard InChI is InChI=1S/C24H23N3O3S/c1-29-20-9-12-22-23(17-20)26-15-14-24(22)30-19-7-10-21(11-8-19)31(25,28)27-16-13-18-5-3-2-4-6-18/h2-12,14-15,17H,13,16H2,1H3,(H2,25,27,28). The molecule has 1 aromatic heterocycles. The molecule has 0 saturated carbocycles. The van der Waals surface area contributed by atoms with Crippen molar-refractivity contribution in [1.82, 2.24) is 9.71 Å². The van der Waals surface area contributed by atoms with Crippen molar-refractivity contribution in [2.45, 2.75) is 11.3 Å². The molecular weight excluding hydrogens is 410 g/mol. The second-order valence-electron chi connectivity index (χ2n) is 6.95. The van der Waals surface area contributed by atoms with E-state index in [0.29, 0.717) is 29.4 Å². The van der Waals surface area contributed by atoms with Crippen LogP contribution in [0, 0.1) is 4.78 Å². The molecule has 0 aliphatic heterocycles. The van der Waals surface area contributed by atoms with Gasteiger partial charge in [-0.3, -0.25) is 4.98 Å². The number of methoxy groups -OCH3 is 1. The number of benzene rings is 3. The number of hydrogen-bond acceptors (Lipinski definition) is 5. The van der Waals surface area contributed by atoms with Gasteiger partial charge >= 0.3 is 0 Å². The molecule has 2 N–H and O–H groups in total. The largest absolute Gasteiger partial charge is 0.497 e. The third-order valence-electron chi connectivity index (χ3n) is 4.86. The summed E-state index contributed by atoms with van der Waals surface area (Å²) in [4.78, 5) is 4.77. The first-order chi connectivity index (χ1) is 15.0. The summed E-state index contributed by atoms with van der Waals surface area (Å²) in [6.07, 6.45) is 2.39. The molecule has 0 fully saturated rings. The van der Waals surface area contributed by atoms with E-state index in [1.165, 1.54) is 0 Å². The molecule has 0 amide bonds. The van der Waals surface area contributed by atoms with Crippen LogP contribution in [0.4, 0.5) is 0 Å². The zero-order chi connectivity index (χ0) is 21.7. The smallest absolute Gasteiger partial charge is 0.138 e. The first-order valence-electron chi connectivity index (χ1n) is 9.83. The summed E-state index contributed by atoms with van der Waals surface area (Å²) >= 11 is 0. The minimum Gasteiger partial charge on any atom is -0.497 e. The van der Waals surface area contributed by atoms with Gasteiger partial charge in [0.25, 0.3) is 0 Å². The molecule has 6 nitrogen and oxygen atoms in total.